The average Bonchev–Trinajstić information content (AvgIpc) is 3.55. The first-order valence-corrected chi connectivity index (χ1v) is 16.4. The number of unbranched alkanes of at least 4 members (excludes halogenated alkanes) is 11. The highest BCUT2D eigenvalue weighted by Crippen LogP contribution is 2.32. The first kappa shape index (κ1) is 32.6. The Morgan fingerprint density at radius 3 is 2.21 bits per heavy atom. The van der Waals surface area contributed by atoms with Crippen LogP contribution in [-0.2, 0) is 5.41 Å². The van der Waals surface area contributed by atoms with Gasteiger partial charge in [-0.1, -0.05) is 128 Å². The van der Waals surface area contributed by atoms with Crippen molar-refractivity contribution in [2.75, 3.05) is 11.9 Å². The van der Waals surface area contributed by atoms with Crippen molar-refractivity contribution >= 4 is 28.8 Å². The van der Waals surface area contributed by atoms with E-state index >= 15 is 0 Å². The number of fused-ring (bicyclic) bond motifs is 1. The molecule has 0 saturated heterocycles. The lowest BCUT2D eigenvalue weighted by Gasteiger charge is -2.16. The van der Waals surface area contributed by atoms with Crippen LogP contribution in [0, 0.1) is 0 Å². The molecule has 0 aliphatic carbocycles. The summed E-state index contributed by atoms with van der Waals surface area (Å²) in [7, 11) is 0. The van der Waals surface area contributed by atoms with Crippen molar-refractivity contribution in [2.45, 2.75) is 110 Å². The Hall–Kier alpha value is -3.32. The van der Waals surface area contributed by atoms with Gasteiger partial charge in [-0.3, -0.25) is 9.89 Å². The van der Waals surface area contributed by atoms with E-state index in [4.69, 9.17) is 16.3 Å². The molecule has 4 rings (SSSR count). The first-order valence-electron chi connectivity index (χ1n) is 16.1. The standard InChI is InChI=1S/C35H48ClN5O2/c1-5-6-7-8-9-10-11-12-13-14-15-16-23-43-29-22-18-20-27(25-29)34(42)37-28-21-17-19-26(24-28)32-38-33-30(36)31(35(2,3)4)39-41(33)40-32/h17-22,24-25,39H,5-16,23H2,1-4H3,(H,37,42). The Kier molecular flexibility index (Phi) is 12.1. The lowest BCUT2D eigenvalue weighted by atomic mass is 9.92. The summed E-state index contributed by atoms with van der Waals surface area (Å²) in [6.07, 6.45) is 15.8. The number of amides is 1. The van der Waals surface area contributed by atoms with Gasteiger partial charge in [0.2, 0.25) is 0 Å². The molecular weight excluding hydrogens is 558 g/mol. The van der Waals surface area contributed by atoms with Gasteiger partial charge in [0, 0.05) is 22.2 Å². The van der Waals surface area contributed by atoms with Gasteiger partial charge in [-0.05, 0) is 36.8 Å². The molecule has 0 saturated carbocycles. The molecule has 0 spiro atoms. The van der Waals surface area contributed by atoms with Gasteiger partial charge in [0.1, 0.15) is 10.8 Å². The minimum atomic E-state index is -0.198. The Balaban J connectivity index is 1.21. The van der Waals surface area contributed by atoms with Crippen molar-refractivity contribution in [1.82, 2.24) is 19.8 Å². The molecule has 0 aliphatic heterocycles. The van der Waals surface area contributed by atoms with Crippen LogP contribution in [0.4, 0.5) is 5.69 Å². The number of hydrogen-bond donors (Lipinski definition) is 2. The zero-order valence-corrected chi connectivity index (χ0v) is 27.1. The molecule has 0 atom stereocenters. The van der Waals surface area contributed by atoms with E-state index in [1.807, 2.05) is 36.4 Å². The minimum Gasteiger partial charge on any atom is -0.494 e. The van der Waals surface area contributed by atoms with E-state index in [1.54, 1.807) is 16.8 Å². The van der Waals surface area contributed by atoms with Gasteiger partial charge in [0.15, 0.2) is 11.5 Å². The van der Waals surface area contributed by atoms with Gasteiger partial charge >= 0.3 is 0 Å². The van der Waals surface area contributed by atoms with Gasteiger partial charge in [0.25, 0.3) is 5.91 Å². The number of ether oxygens (including phenoxy) is 1. The van der Waals surface area contributed by atoms with Crippen molar-refractivity contribution < 1.29 is 9.53 Å². The van der Waals surface area contributed by atoms with E-state index in [1.165, 1.54) is 70.6 Å². The van der Waals surface area contributed by atoms with Crippen molar-refractivity contribution in [1.29, 1.82) is 0 Å². The summed E-state index contributed by atoms with van der Waals surface area (Å²) in [5.74, 6) is 1.04. The highest BCUT2D eigenvalue weighted by atomic mass is 35.5. The summed E-state index contributed by atoms with van der Waals surface area (Å²) in [4.78, 5) is 17.7. The van der Waals surface area contributed by atoms with Crippen molar-refractivity contribution in [3.63, 3.8) is 0 Å². The second-order valence-electron chi connectivity index (χ2n) is 12.5. The smallest absolute Gasteiger partial charge is 0.255 e. The summed E-state index contributed by atoms with van der Waals surface area (Å²) in [5.41, 5.74) is 3.30. The molecule has 0 radical (unpaired) electrons. The van der Waals surface area contributed by atoms with Crippen molar-refractivity contribution in [2.24, 2.45) is 0 Å². The molecule has 2 heterocycles. The van der Waals surface area contributed by atoms with Crippen LogP contribution >= 0.6 is 11.6 Å². The fourth-order valence-electron chi connectivity index (χ4n) is 5.22. The van der Waals surface area contributed by atoms with E-state index in [0.29, 0.717) is 40.1 Å². The molecule has 43 heavy (non-hydrogen) atoms. The van der Waals surface area contributed by atoms with E-state index in [9.17, 15) is 4.79 Å². The summed E-state index contributed by atoms with van der Waals surface area (Å²) in [6, 6.07) is 14.8. The third kappa shape index (κ3) is 9.59. The summed E-state index contributed by atoms with van der Waals surface area (Å²) in [5, 5.41) is 11.4. The second kappa shape index (κ2) is 15.9. The Bertz CT molecular complexity index is 1450. The number of H-pyrrole nitrogens is 1. The molecule has 232 valence electrons. The number of rotatable bonds is 17. The first-order chi connectivity index (χ1) is 20.8. The molecule has 2 aromatic carbocycles. The highest BCUT2D eigenvalue weighted by Gasteiger charge is 2.24. The summed E-state index contributed by atoms with van der Waals surface area (Å²) >= 11 is 6.59. The summed E-state index contributed by atoms with van der Waals surface area (Å²) < 4.78 is 7.57. The number of aromatic nitrogens is 4. The minimum absolute atomic E-state index is 0.154. The van der Waals surface area contributed by atoms with Crippen LogP contribution in [0.5, 0.6) is 5.75 Å². The Labute approximate surface area is 261 Å². The molecule has 7 nitrogen and oxygen atoms in total. The SMILES string of the molecule is CCCCCCCCCCCCCCOc1cccc(C(=O)Nc2cccc(-c3nc4c(Cl)c(C(C)(C)C)[nH]n4n3)c2)c1. The molecule has 0 fully saturated rings. The van der Waals surface area contributed by atoms with E-state index in [0.717, 1.165) is 17.7 Å². The number of nitrogens with zero attached hydrogens (tertiary/aromatic N) is 3. The quantitative estimate of drug-likeness (QED) is 0.117. The molecule has 2 N–H and O–H groups in total. The number of aromatic amines is 1. The molecule has 8 heteroatoms. The molecule has 0 aliphatic rings. The summed E-state index contributed by atoms with van der Waals surface area (Å²) in [6.45, 7) is 9.18. The fraction of sp³-hybridized carbons (Fsp3) is 0.514. The number of carbonyl (C=O) groups is 1. The lowest BCUT2D eigenvalue weighted by Crippen LogP contribution is -2.13. The zero-order chi connectivity index (χ0) is 30.7. The number of nitrogens with one attached hydrogen (secondary N) is 2. The second-order valence-corrected chi connectivity index (χ2v) is 12.9. The maximum absolute atomic E-state index is 13.1. The van der Waals surface area contributed by atoms with E-state index in [-0.39, 0.29) is 11.3 Å². The zero-order valence-electron chi connectivity index (χ0n) is 26.3. The highest BCUT2D eigenvalue weighted by molar-refractivity contribution is 6.34. The molecule has 1 amide bonds. The predicted molar refractivity (Wildman–Crippen MR) is 177 cm³/mol. The predicted octanol–water partition coefficient (Wildman–Crippen LogP) is 10.0. The van der Waals surface area contributed by atoms with Crippen LogP contribution in [0.2, 0.25) is 5.02 Å². The molecule has 0 bridgehead atoms. The molecule has 2 aromatic heterocycles. The topological polar surface area (TPSA) is 84.3 Å². The lowest BCUT2D eigenvalue weighted by molar-refractivity contribution is 0.102. The monoisotopic (exact) mass is 605 g/mol. The molecule has 0 unspecified atom stereocenters. The Morgan fingerprint density at radius 1 is 0.907 bits per heavy atom. The molecule has 4 aromatic rings. The fourth-order valence-corrected chi connectivity index (χ4v) is 5.67. The number of halogens is 1. The van der Waals surface area contributed by atoms with Crippen LogP contribution in [0.1, 0.15) is 121 Å². The van der Waals surface area contributed by atoms with Gasteiger partial charge in [-0.2, -0.15) is 4.63 Å². The van der Waals surface area contributed by atoms with Crippen LogP contribution in [-0.4, -0.2) is 32.3 Å². The van der Waals surface area contributed by atoms with Crippen molar-refractivity contribution in [3.8, 4) is 17.1 Å². The number of carbonyl (C=O) groups excluding carboxylic acids is 1. The van der Waals surface area contributed by atoms with Crippen LogP contribution in [0.3, 0.4) is 0 Å². The maximum atomic E-state index is 13.1. The largest absolute Gasteiger partial charge is 0.494 e. The average molecular weight is 606 g/mol. The van der Waals surface area contributed by atoms with Crippen LogP contribution in [0.15, 0.2) is 48.5 Å². The normalized spacial score (nSPS) is 11.7. The van der Waals surface area contributed by atoms with Crippen molar-refractivity contribution in [3.05, 3.63) is 64.8 Å². The van der Waals surface area contributed by atoms with Gasteiger partial charge in [-0.25, -0.2) is 4.98 Å². The van der Waals surface area contributed by atoms with Gasteiger partial charge < -0.3 is 10.1 Å². The third-order valence-corrected chi connectivity index (χ3v) is 8.09. The van der Waals surface area contributed by atoms with Gasteiger partial charge in [0.05, 0.1) is 12.3 Å². The van der Waals surface area contributed by atoms with Crippen LogP contribution in [0.25, 0.3) is 17.0 Å². The van der Waals surface area contributed by atoms with E-state index < -0.39 is 0 Å². The maximum Gasteiger partial charge on any atom is 0.255 e. The number of hydrogen-bond acceptors (Lipinski definition) is 4. The Morgan fingerprint density at radius 2 is 1.56 bits per heavy atom. The third-order valence-electron chi connectivity index (χ3n) is 7.73. The molecular formula is C35H48ClN5O2. The number of benzene rings is 2. The van der Waals surface area contributed by atoms with Gasteiger partial charge in [-0.15, -0.1) is 5.10 Å². The number of anilines is 1. The van der Waals surface area contributed by atoms with Crippen LogP contribution < -0.4 is 10.1 Å². The van der Waals surface area contributed by atoms with E-state index in [2.05, 4.69) is 48.2 Å².